The van der Waals surface area contributed by atoms with Gasteiger partial charge in [-0.3, -0.25) is 4.72 Å². The predicted molar refractivity (Wildman–Crippen MR) is 78.9 cm³/mol. The van der Waals surface area contributed by atoms with Gasteiger partial charge in [-0.25, -0.2) is 12.8 Å². The monoisotopic (exact) mass is 310 g/mol. The van der Waals surface area contributed by atoms with E-state index < -0.39 is 15.8 Å². The second-order valence-corrected chi connectivity index (χ2v) is 6.11. The Morgan fingerprint density at radius 3 is 2.38 bits per heavy atom. The van der Waals surface area contributed by atoms with Gasteiger partial charge in [0.1, 0.15) is 10.7 Å². The van der Waals surface area contributed by atoms with Crippen LogP contribution in [0.1, 0.15) is 5.56 Å². The largest absolute Gasteiger partial charge is 0.398 e. The minimum Gasteiger partial charge on any atom is -0.398 e. The van der Waals surface area contributed by atoms with Crippen molar-refractivity contribution in [3.63, 3.8) is 0 Å². The Kier molecular flexibility index (Phi) is 4.44. The molecule has 21 heavy (non-hydrogen) atoms. The Bertz CT molecular complexity index is 730. The molecule has 0 fully saturated rings. The molecule has 5 nitrogen and oxygen atoms in total. The number of sulfonamides is 1. The van der Waals surface area contributed by atoms with Crippen LogP contribution in [0.25, 0.3) is 0 Å². The standard InChI is InChI=1S/C14H15FN2O3S/c15-11-3-6-14(13(16)9-11)21(19,20)17-12-4-1-10(2-5-12)7-8-18/h1-6,9,17-18H,7-8,16H2. The van der Waals surface area contributed by atoms with Crippen molar-refractivity contribution in [1.82, 2.24) is 0 Å². The van der Waals surface area contributed by atoms with Crippen LogP contribution >= 0.6 is 0 Å². The van der Waals surface area contributed by atoms with Gasteiger partial charge in [-0.1, -0.05) is 12.1 Å². The highest BCUT2D eigenvalue weighted by Gasteiger charge is 2.17. The minimum atomic E-state index is -3.88. The van der Waals surface area contributed by atoms with Gasteiger partial charge >= 0.3 is 0 Å². The number of benzene rings is 2. The topological polar surface area (TPSA) is 92.4 Å². The number of anilines is 2. The van der Waals surface area contributed by atoms with E-state index in [0.29, 0.717) is 12.1 Å². The maximum atomic E-state index is 13.0. The summed E-state index contributed by atoms with van der Waals surface area (Å²) in [5.41, 5.74) is 6.64. The highest BCUT2D eigenvalue weighted by Crippen LogP contribution is 2.22. The summed E-state index contributed by atoms with van der Waals surface area (Å²) in [6.07, 6.45) is 0.498. The van der Waals surface area contributed by atoms with E-state index >= 15 is 0 Å². The molecule has 2 aromatic rings. The number of hydrogen-bond donors (Lipinski definition) is 3. The van der Waals surface area contributed by atoms with E-state index in [-0.39, 0.29) is 17.2 Å². The number of nitrogens with two attached hydrogens (primary N) is 1. The predicted octanol–water partition coefficient (Wildman–Crippen LogP) is 1.74. The lowest BCUT2D eigenvalue weighted by atomic mass is 10.1. The van der Waals surface area contributed by atoms with Crippen molar-refractivity contribution in [2.24, 2.45) is 0 Å². The lowest BCUT2D eigenvalue weighted by Crippen LogP contribution is -2.15. The first-order valence-corrected chi connectivity index (χ1v) is 7.68. The summed E-state index contributed by atoms with van der Waals surface area (Å²) >= 11 is 0. The van der Waals surface area contributed by atoms with Gasteiger partial charge in [-0.15, -0.1) is 0 Å². The zero-order chi connectivity index (χ0) is 15.5. The number of halogens is 1. The Morgan fingerprint density at radius 1 is 1.14 bits per heavy atom. The highest BCUT2D eigenvalue weighted by molar-refractivity contribution is 7.92. The molecule has 0 spiro atoms. The fraction of sp³-hybridized carbons (Fsp3) is 0.143. The van der Waals surface area contributed by atoms with Crippen LogP contribution in [0.15, 0.2) is 47.4 Å². The molecule has 2 rings (SSSR count). The smallest absolute Gasteiger partial charge is 0.263 e. The van der Waals surface area contributed by atoms with Crippen LogP contribution in [-0.4, -0.2) is 20.1 Å². The van der Waals surface area contributed by atoms with E-state index in [4.69, 9.17) is 10.8 Å². The van der Waals surface area contributed by atoms with Crippen molar-refractivity contribution in [1.29, 1.82) is 0 Å². The van der Waals surface area contributed by atoms with Crippen molar-refractivity contribution < 1.29 is 17.9 Å². The molecule has 0 aromatic heterocycles. The number of aliphatic hydroxyl groups is 1. The Balaban J connectivity index is 2.24. The lowest BCUT2D eigenvalue weighted by Gasteiger charge is -2.10. The number of rotatable bonds is 5. The summed E-state index contributed by atoms with van der Waals surface area (Å²) in [6, 6.07) is 9.70. The highest BCUT2D eigenvalue weighted by atomic mass is 32.2. The van der Waals surface area contributed by atoms with Gasteiger partial charge in [-0.05, 0) is 42.3 Å². The van der Waals surface area contributed by atoms with Crippen LogP contribution in [0, 0.1) is 5.82 Å². The maximum absolute atomic E-state index is 13.0. The fourth-order valence-electron chi connectivity index (χ4n) is 1.84. The molecule has 0 aliphatic carbocycles. The molecule has 0 unspecified atom stereocenters. The van der Waals surface area contributed by atoms with Crippen LogP contribution < -0.4 is 10.5 Å². The molecule has 0 radical (unpaired) electrons. The third-order valence-electron chi connectivity index (χ3n) is 2.87. The van der Waals surface area contributed by atoms with E-state index in [9.17, 15) is 12.8 Å². The Hall–Kier alpha value is -2.12. The number of aliphatic hydroxyl groups excluding tert-OH is 1. The molecule has 0 bridgehead atoms. The van der Waals surface area contributed by atoms with Gasteiger partial charge in [0.2, 0.25) is 0 Å². The number of nitrogen functional groups attached to an aromatic ring is 1. The van der Waals surface area contributed by atoms with Crippen LogP contribution in [0.5, 0.6) is 0 Å². The normalized spacial score (nSPS) is 11.3. The SMILES string of the molecule is Nc1cc(F)ccc1S(=O)(=O)Nc1ccc(CCO)cc1. The van der Waals surface area contributed by atoms with E-state index in [1.165, 1.54) is 0 Å². The van der Waals surface area contributed by atoms with Crippen molar-refractivity contribution in [2.75, 3.05) is 17.1 Å². The molecule has 0 aliphatic rings. The van der Waals surface area contributed by atoms with Gasteiger partial charge in [0, 0.05) is 12.3 Å². The molecule has 4 N–H and O–H groups in total. The molecule has 0 amide bonds. The molecule has 0 heterocycles. The lowest BCUT2D eigenvalue weighted by molar-refractivity contribution is 0.299. The second kappa shape index (κ2) is 6.11. The Labute approximate surface area is 122 Å². The molecule has 0 atom stereocenters. The molecule has 112 valence electrons. The Morgan fingerprint density at radius 2 is 1.81 bits per heavy atom. The van der Waals surface area contributed by atoms with Crippen molar-refractivity contribution >= 4 is 21.4 Å². The summed E-state index contributed by atoms with van der Waals surface area (Å²) in [4.78, 5) is -0.177. The van der Waals surface area contributed by atoms with Gasteiger partial charge in [0.15, 0.2) is 0 Å². The summed E-state index contributed by atoms with van der Waals surface area (Å²) in [5.74, 6) is -0.597. The van der Waals surface area contributed by atoms with Crippen LogP contribution in [0.3, 0.4) is 0 Å². The second-order valence-electron chi connectivity index (χ2n) is 4.46. The van der Waals surface area contributed by atoms with Gasteiger partial charge in [0.05, 0.1) is 5.69 Å². The van der Waals surface area contributed by atoms with E-state index in [0.717, 1.165) is 23.8 Å². The van der Waals surface area contributed by atoms with E-state index in [1.54, 1.807) is 24.3 Å². The van der Waals surface area contributed by atoms with E-state index in [2.05, 4.69) is 4.72 Å². The van der Waals surface area contributed by atoms with Crippen LogP contribution in [0.4, 0.5) is 15.8 Å². The van der Waals surface area contributed by atoms with Crippen molar-refractivity contribution in [3.8, 4) is 0 Å². The molecule has 0 aliphatic heterocycles. The van der Waals surface area contributed by atoms with Crippen LogP contribution in [-0.2, 0) is 16.4 Å². The quantitative estimate of drug-likeness (QED) is 0.734. The summed E-state index contributed by atoms with van der Waals surface area (Å²) < 4.78 is 39.7. The molecule has 7 heteroatoms. The zero-order valence-corrected chi connectivity index (χ0v) is 11.9. The molecular formula is C14H15FN2O3S. The van der Waals surface area contributed by atoms with Gasteiger partial charge < -0.3 is 10.8 Å². The van der Waals surface area contributed by atoms with E-state index in [1.807, 2.05) is 0 Å². The third-order valence-corrected chi connectivity index (χ3v) is 4.32. The van der Waals surface area contributed by atoms with Crippen LogP contribution in [0.2, 0.25) is 0 Å². The average Bonchev–Trinajstić information content (AvgIpc) is 2.40. The van der Waals surface area contributed by atoms with Gasteiger partial charge in [-0.2, -0.15) is 0 Å². The first-order chi connectivity index (χ1) is 9.92. The maximum Gasteiger partial charge on any atom is 0.263 e. The zero-order valence-electron chi connectivity index (χ0n) is 11.1. The molecule has 0 saturated carbocycles. The minimum absolute atomic E-state index is 0.0250. The van der Waals surface area contributed by atoms with Gasteiger partial charge in [0.25, 0.3) is 10.0 Å². The first-order valence-electron chi connectivity index (χ1n) is 6.20. The number of hydrogen-bond acceptors (Lipinski definition) is 4. The molecular weight excluding hydrogens is 295 g/mol. The fourth-order valence-corrected chi connectivity index (χ4v) is 3.02. The summed E-state index contributed by atoms with van der Waals surface area (Å²) in [5, 5.41) is 8.82. The average molecular weight is 310 g/mol. The summed E-state index contributed by atoms with van der Waals surface area (Å²) in [6.45, 7) is 0.0250. The molecule has 2 aromatic carbocycles. The van der Waals surface area contributed by atoms with Crippen molar-refractivity contribution in [2.45, 2.75) is 11.3 Å². The van der Waals surface area contributed by atoms with Crippen molar-refractivity contribution in [3.05, 3.63) is 53.8 Å². The summed E-state index contributed by atoms with van der Waals surface area (Å²) in [7, 11) is -3.88. The third kappa shape index (κ3) is 3.71. The number of nitrogens with one attached hydrogen (secondary N) is 1. The first kappa shape index (κ1) is 15.3. The molecule has 0 saturated heterocycles.